The number of aromatic nitrogens is 1. The van der Waals surface area contributed by atoms with Crippen LogP contribution in [-0.4, -0.2) is 50.0 Å². The standard InChI is InChI=1S/C24H24N4O5S2/c1-12-7-18-19(9-16(12)13-3-4-14-10-25-22(30)17(14)8-13)34-24(28-18)21(35(2,32)33)23(31)26-11-20(29)27-15-5-6-15/h3-4,7-9,15,21H,5-6,10-11H2,1-2H3,(H,25,30)(H,26,31)(H,27,29). The second kappa shape index (κ2) is 8.72. The number of aryl methyl sites for hydroxylation is 1. The average molecular weight is 513 g/mol. The Labute approximate surface area is 206 Å². The first kappa shape index (κ1) is 23.4. The van der Waals surface area contributed by atoms with Gasteiger partial charge in [0.25, 0.3) is 5.91 Å². The van der Waals surface area contributed by atoms with Gasteiger partial charge in [-0.1, -0.05) is 12.1 Å². The fourth-order valence-corrected chi connectivity index (χ4v) is 6.68. The number of amides is 3. The Morgan fingerprint density at radius 3 is 2.69 bits per heavy atom. The molecule has 1 fully saturated rings. The number of fused-ring (bicyclic) bond motifs is 2. The molecule has 9 nitrogen and oxygen atoms in total. The third-order valence-corrected chi connectivity index (χ3v) is 8.64. The van der Waals surface area contributed by atoms with E-state index in [1.165, 1.54) is 0 Å². The van der Waals surface area contributed by atoms with E-state index in [-0.39, 0.29) is 29.4 Å². The van der Waals surface area contributed by atoms with Crippen LogP contribution in [0, 0.1) is 6.92 Å². The summed E-state index contributed by atoms with van der Waals surface area (Å²) >= 11 is 1.13. The molecule has 2 heterocycles. The smallest absolute Gasteiger partial charge is 0.251 e. The van der Waals surface area contributed by atoms with Crippen molar-refractivity contribution in [1.82, 2.24) is 20.9 Å². The molecule has 3 aromatic rings. The number of nitrogens with one attached hydrogen (secondary N) is 3. The van der Waals surface area contributed by atoms with E-state index < -0.39 is 21.0 Å². The van der Waals surface area contributed by atoms with Crippen molar-refractivity contribution in [3.8, 4) is 11.1 Å². The van der Waals surface area contributed by atoms with Crippen LogP contribution in [0.3, 0.4) is 0 Å². The minimum absolute atomic E-state index is 0.103. The first-order chi connectivity index (χ1) is 16.6. The molecule has 1 unspecified atom stereocenters. The van der Waals surface area contributed by atoms with Crippen molar-refractivity contribution < 1.29 is 22.8 Å². The molecule has 1 saturated carbocycles. The molecule has 0 spiro atoms. The Morgan fingerprint density at radius 1 is 1.20 bits per heavy atom. The monoisotopic (exact) mass is 512 g/mol. The summed E-state index contributed by atoms with van der Waals surface area (Å²) in [5.41, 5.74) is 4.85. The van der Waals surface area contributed by atoms with Crippen LogP contribution in [0.25, 0.3) is 21.3 Å². The van der Waals surface area contributed by atoms with Gasteiger partial charge >= 0.3 is 0 Å². The van der Waals surface area contributed by atoms with Gasteiger partial charge in [-0.25, -0.2) is 13.4 Å². The van der Waals surface area contributed by atoms with Crippen molar-refractivity contribution in [2.45, 2.75) is 37.6 Å². The maximum atomic E-state index is 12.8. The van der Waals surface area contributed by atoms with E-state index in [0.29, 0.717) is 17.6 Å². The normalized spacial score (nSPS) is 16.0. The quantitative estimate of drug-likeness (QED) is 0.443. The van der Waals surface area contributed by atoms with Gasteiger partial charge in [-0.05, 0) is 60.2 Å². The van der Waals surface area contributed by atoms with Crippen molar-refractivity contribution in [3.63, 3.8) is 0 Å². The van der Waals surface area contributed by atoms with Gasteiger partial charge in [-0.3, -0.25) is 14.4 Å². The zero-order valence-electron chi connectivity index (χ0n) is 19.2. The van der Waals surface area contributed by atoms with Crippen LogP contribution in [0.15, 0.2) is 30.3 Å². The Balaban J connectivity index is 1.45. The highest BCUT2D eigenvalue weighted by atomic mass is 32.2. The molecule has 2 aromatic carbocycles. The van der Waals surface area contributed by atoms with Crippen LogP contribution in [0.4, 0.5) is 0 Å². The topological polar surface area (TPSA) is 134 Å². The molecule has 11 heteroatoms. The minimum atomic E-state index is -3.85. The minimum Gasteiger partial charge on any atom is -0.352 e. The van der Waals surface area contributed by atoms with E-state index in [2.05, 4.69) is 20.9 Å². The largest absolute Gasteiger partial charge is 0.352 e. The number of thiazole rings is 1. The van der Waals surface area contributed by atoms with Gasteiger partial charge < -0.3 is 16.0 Å². The Kier molecular flexibility index (Phi) is 5.84. The van der Waals surface area contributed by atoms with Gasteiger partial charge in [-0.2, -0.15) is 0 Å². The number of carbonyl (C=O) groups is 3. The third-order valence-electron chi connectivity index (χ3n) is 6.11. The van der Waals surface area contributed by atoms with Crippen LogP contribution < -0.4 is 16.0 Å². The van der Waals surface area contributed by atoms with Crippen LogP contribution in [-0.2, 0) is 26.0 Å². The Bertz CT molecular complexity index is 1490. The van der Waals surface area contributed by atoms with Crippen LogP contribution in [0.1, 0.15) is 44.6 Å². The van der Waals surface area contributed by atoms with E-state index in [0.717, 1.165) is 57.4 Å². The number of hydrogen-bond acceptors (Lipinski definition) is 7. The highest BCUT2D eigenvalue weighted by Crippen LogP contribution is 2.36. The summed E-state index contributed by atoms with van der Waals surface area (Å²) in [6.07, 6.45) is 2.81. The molecule has 3 N–H and O–H groups in total. The molecular formula is C24H24N4O5S2. The maximum Gasteiger partial charge on any atom is 0.251 e. The molecule has 2 aliphatic rings. The lowest BCUT2D eigenvalue weighted by Crippen LogP contribution is -2.41. The number of rotatable bonds is 7. The third kappa shape index (κ3) is 4.78. The van der Waals surface area contributed by atoms with E-state index in [1.54, 1.807) is 0 Å². The van der Waals surface area contributed by atoms with Crippen molar-refractivity contribution in [2.24, 2.45) is 0 Å². The molecule has 5 rings (SSSR count). The Hall–Kier alpha value is -3.31. The van der Waals surface area contributed by atoms with Gasteiger partial charge in [0.15, 0.2) is 15.1 Å². The molecule has 0 saturated heterocycles. The molecule has 1 aliphatic carbocycles. The van der Waals surface area contributed by atoms with Gasteiger partial charge in [-0.15, -0.1) is 11.3 Å². The summed E-state index contributed by atoms with van der Waals surface area (Å²) in [5, 5.41) is 6.64. The fourth-order valence-electron chi connectivity index (χ4n) is 4.16. The maximum absolute atomic E-state index is 12.8. The van der Waals surface area contributed by atoms with Gasteiger partial charge in [0.1, 0.15) is 5.01 Å². The zero-order chi connectivity index (χ0) is 24.9. The first-order valence-electron chi connectivity index (χ1n) is 11.2. The van der Waals surface area contributed by atoms with E-state index in [9.17, 15) is 22.8 Å². The summed E-state index contributed by atoms with van der Waals surface area (Å²) in [7, 11) is -3.85. The zero-order valence-corrected chi connectivity index (χ0v) is 20.8. The van der Waals surface area contributed by atoms with E-state index in [4.69, 9.17) is 0 Å². The Morgan fingerprint density at radius 2 is 1.97 bits per heavy atom. The SMILES string of the molecule is Cc1cc2nc(C(C(=O)NCC(=O)NC3CC3)S(C)(=O)=O)sc2cc1-c1ccc2c(c1)C(=O)NC2. The van der Waals surface area contributed by atoms with Gasteiger partial charge in [0.05, 0.1) is 16.8 Å². The number of benzene rings is 2. The fraction of sp³-hybridized carbons (Fsp3) is 0.333. The lowest BCUT2D eigenvalue weighted by atomic mass is 9.97. The molecule has 1 aromatic heterocycles. The average Bonchev–Trinajstić information content (AvgIpc) is 3.40. The summed E-state index contributed by atoms with van der Waals surface area (Å²) in [5.74, 6) is -1.23. The van der Waals surface area contributed by atoms with Gasteiger partial charge in [0.2, 0.25) is 11.8 Å². The van der Waals surface area contributed by atoms with Crippen LogP contribution in [0.2, 0.25) is 0 Å². The molecule has 35 heavy (non-hydrogen) atoms. The van der Waals surface area contributed by atoms with Crippen molar-refractivity contribution in [1.29, 1.82) is 0 Å². The predicted molar refractivity (Wildman–Crippen MR) is 133 cm³/mol. The highest BCUT2D eigenvalue weighted by Gasteiger charge is 2.34. The number of sulfone groups is 1. The molecule has 182 valence electrons. The predicted octanol–water partition coefficient (Wildman–Crippen LogP) is 2.00. The molecular weight excluding hydrogens is 488 g/mol. The van der Waals surface area contributed by atoms with Gasteiger partial charge in [0, 0.05) is 24.4 Å². The summed E-state index contributed by atoms with van der Waals surface area (Å²) in [4.78, 5) is 41.3. The van der Waals surface area contributed by atoms with Crippen LogP contribution in [0.5, 0.6) is 0 Å². The second-order valence-corrected chi connectivity index (χ2v) is 12.2. The van der Waals surface area contributed by atoms with E-state index >= 15 is 0 Å². The second-order valence-electron chi connectivity index (χ2n) is 9.01. The van der Waals surface area contributed by atoms with Crippen molar-refractivity contribution >= 4 is 49.1 Å². The first-order valence-corrected chi connectivity index (χ1v) is 14.0. The molecule has 1 atom stereocenters. The summed E-state index contributed by atoms with van der Waals surface area (Å²) in [6.45, 7) is 2.14. The number of carbonyl (C=O) groups excluding carboxylic acids is 3. The van der Waals surface area contributed by atoms with Crippen molar-refractivity contribution in [3.05, 3.63) is 52.0 Å². The molecule has 3 amide bonds. The van der Waals surface area contributed by atoms with E-state index in [1.807, 2.05) is 37.3 Å². The number of hydrogen-bond donors (Lipinski definition) is 3. The molecule has 0 bridgehead atoms. The lowest BCUT2D eigenvalue weighted by molar-refractivity contribution is -0.126. The summed E-state index contributed by atoms with van der Waals surface area (Å²) in [6, 6.07) is 9.63. The highest BCUT2D eigenvalue weighted by molar-refractivity contribution is 7.91. The van der Waals surface area contributed by atoms with Crippen LogP contribution >= 0.6 is 11.3 Å². The number of nitrogens with zero attached hydrogens (tertiary/aromatic N) is 1. The lowest BCUT2D eigenvalue weighted by Gasteiger charge is -2.12. The molecule has 1 aliphatic heterocycles. The summed E-state index contributed by atoms with van der Waals surface area (Å²) < 4.78 is 25.8. The van der Waals surface area contributed by atoms with Crippen molar-refractivity contribution in [2.75, 3.05) is 12.8 Å². The molecule has 0 radical (unpaired) electrons.